The molecule has 20 heavy (non-hydrogen) atoms. The number of esters is 1. The van der Waals surface area contributed by atoms with E-state index in [0.29, 0.717) is 25.2 Å². The molecule has 3 heteroatoms. The van der Waals surface area contributed by atoms with Crippen LogP contribution < -0.4 is 0 Å². The number of rotatable bonds is 8. The standard InChI is InChI=1S/C17H24NO2/c1-4-15(16(5-2)13(3)18)11-17(19)20-12-14-9-7-6-8-10-14/h6-10,15-16,18H,1,4-5,11-12H2,2-3H3/t15?,16-/m1/s1. The molecule has 109 valence electrons. The summed E-state index contributed by atoms with van der Waals surface area (Å²) in [7, 11) is 0. The molecule has 0 fully saturated rings. The Balaban J connectivity index is 2.49. The zero-order valence-electron chi connectivity index (χ0n) is 12.4. The van der Waals surface area contributed by atoms with Crippen LogP contribution in [0.25, 0.3) is 0 Å². The SMILES string of the molecule is [CH2]CC(CC(=O)OCc1ccccc1)[C@H](CC)C(C)=N. The van der Waals surface area contributed by atoms with Crippen LogP contribution in [0.5, 0.6) is 0 Å². The highest BCUT2D eigenvalue weighted by Gasteiger charge is 2.23. The van der Waals surface area contributed by atoms with Crippen molar-refractivity contribution in [3.63, 3.8) is 0 Å². The van der Waals surface area contributed by atoms with E-state index in [2.05, 4.69) is 6.92 Å². The fourth-order valence-electron chi connectivity index (χ4n) is 2.45. The van der Waals surface area contributed by atoms with Crippen molar-refractivity contribution in [3.05, 3.63) is 42.8 Å². The van der Waals surface area contributed by atoms with Gasteiger partial charge in [-0.3, -0.25) is 4.79 Å². The van der Waals surface area contributed by atoms with Crippen LogP contribution in [-0.4, -0.2) is 11.7 Å². The highest BCUT2D eigenvalue weighted by atomic mass is 16.5. The zero-order valence-corrected chi connectivity index (χ0v) is 12.4. The number of nitrogens with one attached hydrogen (secondary N) is 1. The first-order valence-electron chi connectivity index (χ1n) is 7.12. The number of benzene rings is 1. The Morgan fingerprint density at radius 3 is 2.50 bits per heavy atom. The predicted molar refractivity (Wildman–Crippen MR) is 81.5 cm³/mol. The van der Waals surface area contributed by atoms with Gasteiger partial charge in [-0.2, -0.15) is 0 Å². The fraction of sp³-hybridized carbons (Fsp3) is 0.471. The molecule has 1 N–H and O–H groups in total. The van der Waals surface area contributed by atoms with Crippen LogP contribution in [0.4, 0.5) is 0 Å². The number of carbonyl (C=O) groups is 1. The summed E-state index contributed by atoms with van der Waals surface area (Å²) in [4.78, 5) is 11.9. The Bertz CT molecular complexity index is 428. The molecule has 0 spiro atoms. The van der Waals surface area contributed by atoms with Gasteiger partial charge in [0.2, 0.25) is 0 Å². The molecular formula is C17H24NO2. The second kappa shape index (κ2) is 8.51. The van der Waals surface area contributed by atoms with Crippen LogP contribution in [0.15, 0.2) is 30.3 Å². The molecule has 0 aliphatic rings. The largest absolute Gasteiger partial charge is 0.461 e. The van der Waals surface area contributed by atoms with Gasteiger partial charge in [0.15, 0.2) is 0 Å². The van der Waals surface area contributed by atoms with Gasteiger partial charge in [0.1, 0.15) is 6.61 Å². The van der Waals surface area contributed by atoms with Gasteiger partial charge in [-0.15, -0.1) is 0 Å². The summed E-state index contributed by atoms with van der Waals surface area (Å²) in [5.74, 6) is 0.0137. The van der Waals surface area contributed by atoms with Crippen molar-refractivity contribution in [2.45, 2.75) is 39.7 Å². The number of hydrogen-bond donors (Lipinski definition) is 1. The Hall–Kier alpha value is -1.64. The van der Waals surface area contributed by atoms with E-state index >= 15 is 0 Å². The van der Waals surface area contributed by atoms with E-state index in [-0.39, 0.29) is 17.8 Å². The van der Waals surface area contributed by atoms with Crippen molar-refractivity contribution in [3.8, 4) is 0 Å². The van der Waals surface area contributed by atoms with Gasteiger partial charge in [0.25, 0.3) is 0 Å². The molecule has 3 nitrogen and oxygen atoms in total. The molecule has 0 aromatic heterocycles. The molecule has 0 bridgehead atoms. The van der Waals surface area contributed by atoms with Gasteiger partial charge < -0.3 is 10.1 Å². The van der Waals surface area contributed by atoms with Crippen LogP contribution in [-0.2, 0) is 16.1 Å². The van der Waals surface area contributed by atoms with Crippen molar-refractivity contribution in [2.75, 3.05) is 0 Å². The normalized spacial score (nSPS) is 13.6. The number of ether oxygens (including phenoxy) is 1. The molecule has 0 saturated heterocycles. The highest BCUT2D eigenvalue weighted by molar-refractivity contribution is 5.82. The van der Waals surface area contributed by atoms with E-state index in [1.807, 2.05) is 37.3 Å². The van der Waals surface area contributed by atoms with Crippen molar-refractivity contribution in [2.24, 2.45) is 11.8 Å². The summed E-state index contributed by atoms with van der Waals surface area (Å²) >= 11 is 0. The van der Waals surface area contributed by atoms with Crippen molar-refractivity contribution < 1.29 is 9.53 Å². The van der Waals surface area contributed by atoms with Gasteiger partial charge in [-0.05, 0) is 37.2 Å². The fourth-order valence-corrected chi connectivity index (χ4v) is 2.45. The second-order valence-electron chi connectivity index (χ2n) is 5.10. The monoisotopic (exact) mass is 274 g/mol. The Morgan fingerprint density at radius 1 is 1.35 bits per heavy atom. The average Bonchev–Trinajstić information content (AvgIpc) is 2.45. The summed E-state index contributed by atoms with van der Waals surface area (Å²) in [5, 5.41) is 7.79. The van der Waals surface area contributed by atoms with E-state index in [1.165, 1.54) is 0 Å². The van der Waals surface area contributed by atoms with Crippen LogP contribution in [0, 0.1) is 24.2 Å². The Kier molecular flexibility index (Phi) is 6.99. The summed E-state index contributed by atoms with van der Waals surface area (Å²) < 4.78 is 5.30. The van der Waals surface area contributed by atoms with E-state index in [4.69, 9.17) is 10.1 Å². The summed E-state index contributed by atoms with van der Waals surface area (Å²) in [6.45, 7) is 8.05. The Morgan fingerprint density at radius 2 is 2.00 bits per heavy atom. The molecule has 0 aliphatic carbocycles. The van der Waals surface area contributed by atoms with Gasteiger partial charge in [0.05, 0.1) is 0 Å². The molecule has 1 aromatic rings. The van der Waals surface area contributed by atoms with Gasteiger partial charge in [-0.25, -0.2) is 0 Å². The van der Waals surface area contributed by atoms with Gasteiger partial charge in [-0.1, -0.05) is 44.2 Å². The minimum atomic E-state index is -0.206. The molecule has 0 saturated carbocycles. The molecule has 0 aliphatic heterocycles. The molecule has 1 aromatic carbocycles. The lowest BCUT2D eigenvalue weighted by Crippen LogP contribution is -2.23. The minimum Gasteiger partial charge on any atom is -0.461 e. The average molecular weight is 274 g/mol. The third-order valence-electron chi connectivity index (χ3n) is 3.61. The molecule has 1 unspecified atom stereocenters. The van der Waals surface area contributed by atoms with Crippen LogP contribution in [0.1, 0.15) is 38.7 Å². The van der Waals surface area contributed by atoms with E-state index in [0.717, 1.165) is 12.0 Å². The topological polar surface area (TPSA) is 50.2 Å². The summed E-state index contributed by atoms with van der Waals surface area (Å²) in [6.07, 6.45) is 1.85. The smallest absolute Gasteiger partial charge is 0.306 e. The van der Waals surface area contributed by atoms with E-state index in [9.17, 15) is 4.79 Å². The third-order valence-corrected chi connectivity index (χ3v) is 3.61. The quantitative estimate of drug-likeness (QED) is 0.575. The maximum absolute atomic E-state index is 11.9. The number of carbonyl (C=O) groups excluding carboxylic acids is 1. The molecule has 0 amide bonds. The van der Waals surface area contributed by atoms with Crippen LogP contribution >= 0.6 is 0 Å². The first-order valence-corrected chi connectivity index (χ1v) is 7.12. The molecule has 0 heterocycles. The molecule has 2 atom stereocenters. The first kappa shape index (κ1) is 16.4. The highest BCUT2D eigenvalue weighted by Crippen LogP contribution is 2.24. The van der Waals surface area contributed by atoms with E-state index in [1.54, 1.807) is 6.92 Å². The second-order valence-corrected chi connectivity index (χ2v) is 5.10. The summed E-state index contributed by atoms with van der Waals surface area (Å²) in [6, 6.07) is 9.65. The van der Waals surface area contributed by atoms with Gasteiger partial charge in [0, 0.05) is 12.1 Å². The Labute approximate surface area is 121 Å². The molecular weight excluding hydrogens is 250 g/mol. The zero-order chi connectivity index (χ0) is 15.0. The van der Waals surface area contributed by atoms with Crippen LogP contribution in [0.2, 0.25) is 0 Å². The van der Waals surface area contributed by atoms with Crippen molar-refractivity contribution >= 4 is 11.7 Å². The lowest BCUT2D eigenvalue weighted by molar-refractivity contribution is -0.146. The first-order chi connectivity index (χ1) is 9.58. The number of hydrogen-bond acceptors (Lipinski definition) is 3. The maximum atomic E-state index is 11.9. The predicted octanol–water partition coefficient (Wildman–Crippen LogP) is 4.03. The molecule has 1 rings (SSSR count). The lowest BCUT2D eigenvalue weighted by atomic mass is 9.82. The van der Waals surface area contributed by atoms with Crippen molar-refractivity contribution in [1.82, 2.24) is 0 Å². The maximum Gasteiger partial charge on any atom is 0.306 e. The lowest BCUT2D eigenvalue weighted by Gasteiger charge is -2.23. The van der Waals surface area contributed by atoms with Crippen LogP contribution in [0.3, 0.4) is 0 Å². The van der Waals surface area contributed by atoms with E-state index < -0.39 is 0 Å². The molecule has 1 radical (unpaired) electrons. The minimum absolute atomic E-state index is 0.0979. The van der Waals surface area contributed by atoms with Gasteiger partial charge >= 0.3 is 5.97 Å². The third kappa shape index (κ3) is 5.16. The van der Waals surface area contributed by atoms with Crippen molar-refractivity contribution in [1.29, 1.82) is 5.41 Å². The summed E-state index contributed by atoms with van der Waals surface area (Å²) in [5.41, 5.74) is 1.61.